The minimum atomic E-state index is 0.0733. The molecular weight excluding hydrogens is 280 g/mol. The van der Waals surface area contributed by atoms with Gasteiger partial charge in [0, 0.05) is 31.9 Å². The third-order valence-electron chi connectivity index (χ3n) is 4.24. The molecule has 0 unspecified atom stereocenters. The third kappa shape index (κ3) is 4.21. The first-order valence-electron chi connectivity index (χ1n) is 8.11. The molecule has 1 aromatic carbocycles. The van der Waals surface area contributed by atoms with Crippen molar-refractivity contribution in [2.24, 2.45) is 0 Å². The Bertz CT molecular complexity index is 477. The second-order valence-corrected chi connectivity index (χ2v) is 5.88. The molecule has 2 aliphatic rings. The van der Waals surface area contributed by atoms with Gasteiger partial charge in [0.2, 0.25) is 5.91 Å². The van der Waals surface area contributed by atoms with Gasteiger partial charge in [0.25, 0.3) is 0 Å². The molecule has 120 valence electrons. The number of carbonyl (C=O) groups is 1. The number of hydrogen-bond acceptors (Lipinski definition) is 4. The molecule has 22 heavy (non-hydrogen) atoms. The molecule has 0 radical (unpaired) electrons. The molecular formula is C17H24N2O3. The van der Waals surface area contributed by atoms with Crippen LogP contribution in [0.15, 0.2) is 24.3 Å². The zero-order valence-corrected chi connectivity index (χ0v) is 12.9. The van der Waals surface area contributed by atoms with E-state index in [0.717, 1.165) is 51.3 Å². The van der Waals surface area contributed by atoms with Gasteiger partial charge in [-0.3, -0.25) is 4.79 Å². The number of ether oxygens (including phenoxy) is 2. The van der Waals surface area contributed by atoms with Crippen LogP contribution in [0.1, 0.15) is 24.8 Å². The van der Waals surface area contributed by atoms with Crippen molar-refractivity contribution in [3.05, 3.63) is 29.8 Å². The predicted molar refractivity (Wildman–Crippen MR) is 84.9 cm³/mol. The number of carbonyl (C=O) groups excluding carboxylic acids is 1. The zero-order chi connectivity index (χ0) is 15.2. The van der Waals surface area contributed by atoms with Gasteiger partial charge in [-0.2, -0.15) is 0 Å². The fourth-order valence-corrected chi connectivity index (χ4v) is 2.93. The molecule has 0 saturated carbocycles. The van der Waals surface area contributed by atoms with Gasteiger partial charge in [-0.25, -0.2) is 0 Å². The first-order chi connectivity index (χ1) is 10.8. The fourth-order valence-electron chi connectivity index (χ4n) is 2.93. The van der Waals surface area contributed by atoms with Crippen molar-refractivity contribution in [3.63, 3.8) is 0 Å². The summed E-state index contributed by atoms with van der Waals surface area (Å²) in [4.78, 5) is 14.2. The summed E-state index contributed by atoms with van der Waals surface area (Å²) in [5.41, 5.74) is 2.34. The van der Waals surface area contributed by atoms with Crippen molar-refractivity contribution in [1.29, 1.82) is 0 Å². The summed E-state index contributed by atoms with van der Waals surface area (Å²) in [6, 6.07) is 8.40. The summed E-state index contributed by atoms with van der Waals surface area (Å²) in [7, 11) is 0. The average molecular weight is 304 g/mol. The van der Waals surface area contributed by atoms with Crippen molar-refractivity contribution < 1.29 is 14.3 Å². The van der Waals surface area contributed by atoms with Gasteiger partial charge in [-0.1, -0.05) is 12.1 Å². The largest absolute Gasteiger partial charge is 0.378 e. The smallest absolute Gasteiger partial charge is 0.222 e. The Morgan fingerprint density at radius 1 is 1.18 bits per heavy atom. The number of hydrogen-bond donors (Lipinski definition) is 1. The van der Waals surface area contributed by atoms with Crippen molar-refractivity contribution in [3.8, 4) is 0 Å². The highest BCUT2D eigenvalue weighted by molar-refractivity contribution is 5.76. The maximum Gasteiger partial charge on any atom is 0.222 e. The molecule has 5 nitrogen and oxygen atoms in total. The minimum absolute atomic E-state index is 0.0733. The molecule has 0 bridgehead atoms. The fraction of sp³-hybridized carbons (Fsp3) is 0.588. The van der Waals surface area contributed by atoms with E-state index in [2.05, 4.69) is 34.5 Å². The summed E-state index contributed by atoms with van der Waals surface area (Å²) >= 11 is 0. The van der Waals surface area contributed by atoms with Crippen molar-refractivity contribution in [1.82, 2.24) is 5.32 Å². The zero-order valence-electron chi connectivity index (χ0n) is 12.9. The number of morpholine rings is 1. The van der Waals surface area contributed by atoms with Crippen LogP contribution in [0, 0.1) is 0 Å². The Morgan fingerprint density at radius 2 is 1.95 bits per heavy atom. The second-order valence-electron chi connectivity index (χ2n) is 5.88. The van der Waals surface area contributed by atoms with Gasteiger partial charge < -0.3 is 19.7 Å². The number of anilines is 1. The van der Waals surface area contributed by atoms with Crippen LogP contribution in [0.5, 0.6) is 0 Å². The number of nitrogens with one attached hydrogen (secondary N) is 1. The Hall–Kier alpha value is -1.59. The molecule has 2 saturated heterocycles. The van der Waals surface area contributed by atoms with Crippen LogP contribution in [0.3, 0.4) is 0 Å². The van der Waals surface area contributed by atoms with E-state index in [1.54, 1.807) is 0 Å². The molecule has 1 atom stereocenters. The van der Waals surface area contributed by atoms with Gasteiger partial charge in [0.1, 0.15) is 0 Å². The molecule has 0 aromatic heterocycles. The van der Waals surface area contributed by atoms with E-state index in [1.165, 1.54) is 5.69 Å². The maximum absolute atomic E-state index is 11.9. The minimum Gasteiger partial charge on any atom is -0.378 e. The van der Waals surface area contributed by atoms with Gasteiger partial charge in [-0.05, 0) is 30.5 Å². The lowest BCUT2D eigenvalue weighted by Gasteiger charge is -2.28. The van der Waals surface area contributed by atoms with E-state index < -0.39 is 0 Å². The van der Waals surface area contributed by atoms with Crippen molar-refractivity contribution in [2.45, 2.75) is 31.9 Å². The first-order valence-corrected chi connectivity index (χ1v) is 8.11. The molecule has 1 aromatic rings. The van der Waals surface area contributed by atoms with E-state index in [-0.39, 0.29) is 12.0 Å². The Balaban J connectivity index is 1.45. The van der Waals surface area contributed by atoms with E-state index in [9.17, 15) is 4.79 Å². The normalized spacial score (nSPS) is 21.8. The van der Waals surface area contributed by atoms with E-state index in [1.807, 2.05) is 0 Å². The topological polar surface area (TPSA) is 50.8 Å². The molecule has 2 fully saturated rings. The SMILES string of the molecule is O=C(C[C@H]1CCCO1)NCc1ccc(N2CCOCC2)cc1. The molecule has 2 heterocycles. The van der Waals surface area contributed by atoms with Crippen molar-refractivity contribution in [2.75, 3.05) is 37.8 Å². The van der Waals surface area contributed by atoms with E-state index in [4.69, 9.17) is 9.47 Å². The van der Waals surface area contributed by atoms with Gasteiger partial charge in [0.05, 0.1) is 25.7 Å². The lowest BCUT2D eigenvalue weighted by molar-refractivity contribution is -0.123. The lowest BCUT2D eigenvalue weighted by atomic mass is 10.1. The predicted octanol–water partition coefficient (Wildman–Crippen LogP) is 1.71. The summed E-state index contributed by atoms with van der Waals surface area (Å²) in [5, 5.41) is 2.97. The van der Waals surface area contributed by atoms with E-state index >= 15 is 0 Å². The molecule has 1 N–H and O–H groups in total. The van der Waals surface area contributed by atoms with E-state index in [0.29, 0.717) is 13.0 Å². The standard InChI is InChI=1S/C17H24N2O3/c20-17(12-16-2-1-9-22-16)18-13-14-3-5-15(6-4-14)19-7-10-21-11-8-19/h3-6,16H,1-2,7-13H2,(H,18,20)/t16-/m1/s1. The molecule has 5 heteroatoms. The Kier molecular flexibility index (Phi) is 5.29. The summed E-state index contributed by atoms with van der Waals surface area (Å²) < 4.78 is 10.8. The summed E-state index contributed by atoms with van der Waals surface area (Å²) in [5.74, 6) is 0.0733. The van der Waals surface area contributed by atoms with Crippen molar-refractivity contribution >= 4 is 11.6 Å². The third-order valence-corrected chi connectivity index (χ3v) is 4.24. The van der Waals surface area contributed by atoms with Crippen LogP contribution in [0.25, 0.3) is 0 Å². The lowest BCUT2D eigenvalue weighted by Crippen LogP contribution is -2.36. The van der Waals surface area contributed by atoms with Gasteiger partial charge in [-0.15, -0.1) is 0 Å². The molecule has 1 amide bonds. The van der Waals surface area contributed by atoms with Crippen LogP contribution < -0.4 is 10.2 Å². The number of rotatable bonds is 5. The van der Waals surface area contributed by atoms with Crippen LogP contribution in [0.2, 0.25) is 0 Å². The monoisotopic (exact) mass is 304 g/mol. The number of amides is 1. The molecule has 0 aliphatic carbocycles. The summed E-state index contributed by atoms with van der Waals surface area (Å²) in [6.07, 6.45) is 2.66. The van der Waals surface area contributed by atoms with Crippen LogP contribution in [-0.2, 0) is 20.8 Å². The maximum atomic E-state index is 11.9. The van der Waals surface area contributed by atoms with Gasteiger partial charge >= 0.3 is 0 Å². The molecule has 0 spiro atoms. The molecule has 3 rings (SSSR count). The first kappa shape index (κ1) is 15.3. The quantitative estimate of drug-likeness (QED) is 0.900. The second kappa shape index (κ2) is 7.61. The van der Waals surface area contributed by atoms with Crippen LogP contribution in [0.4, 0.5) is 5.69 Å². The molecule has 2 aliphatic heterocycles. The van der Waals surface area contributed by atoms with Gasteiger partial charge in [0.15, 0.2) is 0 Å². The number of benzene rings is 1. The highest BCUT2D eigenvalue weighted by atomic mass is 16.5. The average Bonchev–Trinajstić information content (AvgIpc) is 3.07. The highest BCUT2D eigenvalue weighted by Crippen LogP contribution is 2.17. The van der Waals surface area contributed by atoms with Crippen LogP contribution in [-0.4, -0.2) is 44.9 Å². The summed E-state index contributed by atoms with van der Waals surface area (Å²) in [6.45, 7) is 4.84. The Morgan fingerprint density at radius 3 is 2.64 bits per heavy atom. The Labute approximate surface area is 131 Å². The highest BCUT2D eigenvalue weighted by Gasteiger charge is 2.18. The number of nitrogens with zero attached hydrogens (tertiary/aromatic N) is 1. The van der Waals surface area contributed by atoms with Crippen LogP contribution >= 0.6 is 0 Å².